The van der Waals surface area contributed by atoms with Crippen molar-refractivity contribution < 1.29 is 5.11 Å². The highest BCUT2D eigenvalue weighted by Gasteiger charge is 2.31. The van der Waals surface area contributed by atoms with Crippen LogP contribution in [0.4, 0.5) is 0 Å². The molecule has 1 saturated heterocycles. The summed E-state index contributed by atoms with van der Waals surface area (Å²) in [5, 5.41) is 10.5. The van der Waals surface area contributed by atoms with Gasteiger partial charge in [0, 0.05) is 16.5 Å². The fourth-order valence-electron chi connectivity index (χ4n) is 2.47. The van der Waals surface area contributed by atoms with Crippen LogP contribution in [0.15, 0.2) is 24.3 Å². The van der Waals surface area contributed by atoms with E-state index in [9.17, 15) is 5.11 Å². The third-order valence-corrected chi connectivity index (χ3v) is 3.91. The van der Waals surface area contributed by atoms with E-state index in [1.807, 2.05) is 0 Å². The van der Waals surface area contributed by atoms with E-state index in [2.05, 4.69) is 58.8 Å². The van der Waals surface area contributed by atoms with Gasteiger partial charge in [0.1, 0.15) is 0 Å². The first-order valence-corrected chi connectivity index (χ1v) is 6.81. The molecule has 1 fully saturated rings. The third-order valence-electron chi connectivity index (χ3n) is 3.19. The Bertz CT molecular complexity index is 351. The zero-order chi connectivity index (χ0) is 11.6. The SMILES string of the molecule is CN1CCCC(O)(Cc2ccc(I)cc2)C1. The molecule has 2 nitrogen and oxygen atoms in total. The van der Waals surface area contributed by atoms with E-state index in [0.29, 0.717) is 0 Å². The minimum absolute atomic E-state index is 0.528. The summed E-state index contributed by atoms with van der Waals surface area (Å²) < 4.78 is 1.24. The zero-order valence-corrected chi connectivity index (χ0v) is 11.8. The maximum absolute atomic E-state index is 10.5. The van der Waals surface area contributed by atoms with Crippen molar-refractivity contribution in [3.63, 3.8) is 0 Å². The first-order valence-electron chi connectivity index (χ1n) is 5.73. The number of hydrogen-bond donors (Lipinski definition) is 1. The molecule has 1 aromatic carbocycles. The number of rotatable bonds is 2. The van der Waals surface area contributed by atoms with Gasteiger partial charge in [-0.1, -0.05) is 12.1 Å². The quantitative estimate of drug-likeness (QED) is 0.841. The lowest BCUT2D eigenvalue weighted by atomic mass is 9.87. The molecular weight excluding hydrogens is 313 g/mol. The van der Waals surface area contributed by atoms with Crippen molar-refractivity contribution in [1.29, 1.82) is 0 Å². The fourth-order valence-corrected chi connectivity index (χ4v) is 2.82. The Morgan fingerprint density at radius 2 is 2.06 bits per heavy atom. The summed E-state index contributed by atoms with van der Waals surface area (Å²) in [6.07, 6.45) is 2.79. The lowest BCUT2D eigenvalue weighted by Crippen LogP contribution is -2.47. The second-order valence-corrected chi connectivity index (χ2v) is 6.11. The van der Waals surface area contributed by atoms with E-state index in [-0.39, 0.29) is 0 Å². The molecule has 3 heteroatoms. The van der Waals surface area contributed by atoms with E-state index in [4.69, 9.17) is 0 Å². The van der Waals surface area contributed by atoms with Crippen LogP contribution in [-0.2, 0) is 6.42 Å². The van der Waals surface area contributed by atoms with Crippen molar-refractivity contribution in [2.24, 2.45) is 0 Å². The number of nitrogens with zero attached hydrogens (tertiary/aromatic N) is 1. The third kappa shape index (κ3) is 3.18. The van der Waals surface area contributed by atoms with Crippen molar-refractivity contribution in [2.75, 3.05) is 20.1 Å². The predicted molar refractivity (Wildman–Crippen MR) is 74.5 cm³/mol. The minimum atomic E-state index is -0.528. The molecule has 16 heavy (non-hydrogen) atoms. The van der Waals surface area contributed by atoms with Crippen LogP contribution in [0, 0.1) is 3.57 Å². The van der Waals surface area contributed by atoms with Gasteiger partial charge in [-0.25, -0.2) is 0 Å². The number of piperidine rings is 1. The van der Waals surface area contributed by atoms with E-state index >= 15 is 0 Å². The van der Waals surface area contributed by atoms with Crippen molar-refractivity contribution in [3.8, 4) is 0 Å². The molecule has 1 aliphatic heterocycles. The Morgan fingerprint density at radius 3 is 2.69 bits per heavy atom. The van der Waals surface area contributed by atoms with Crippen LogP contribution in [0.1, 0.15) is 18.4 Å². The van der Waals surface area contributed by atoms with Crippen LogP contribution < -0.4 is 0 Å². The summed E-state index contributed by atoms with van der Waals surface area (Å²) >= 11 is 2.30. The molecule has 1 aliphatic rings. The first-order chi connectivity index (χ1) is 7.57. The number of hydrogen-bond acceptors (Lipinski definition) is 2. The molecule has 1 heterocycles. The highest BCUT2D eigenvalue weighted by atomic mass is 127. The molecule has 0 aliphatic carbocycles. The van der Waals surface area contributed by atoms with Crippen LogP contribution >= 0.6 is 22.6 Å². The van der Waals surface area contributed by atoms with Gasteiger partial charge in [0.2, 0.25) is 0 Å². The van der Waals surface area contributed by atoms with Gasteiger partial charge in [-0.2, -0.15) is 0 Å². The Labute approximate surface area is 111 Å². The second kappa shape index (κ2) is 5.02. The molecule has 1 aromatic rings. The lowest BCUT2D eigenvalue weighted by Gasteiger charge is -2.37. The van der Waals surface area contributed by atoms with Crippen LogP contribution in [0.5, 0.6) is 0 Å². The van der Waals surface area contributed by atoms with Gasteiger partial charge in [0.25, 0.3) is 0 Å². The second-order valence-electron chi connectivity index (χ2n) is 4.87. The Kier molecular flexibility index (Phi) is 3.87. The number of aliphatic hydroxyl groups is 1. The number of likely N-dealkylation sites (N-methyl/N-ethyl adjacent to an activating group) is 1. The maximum Gasteiger partial charge on any atom is 0.0814 e. The van der Waals surface area contributed by atoms with Crippen molar-refractivity contribution >= 4 is 22.6 Å². The Balaban J connectivity index is 2.05. The van der Waals surface area contributed by atoms with Crippen LogP contribution in [-0.4, -0.2) is 35.7 Å². The zero-order valence-electron chi connectivity index (χ0n) is 9.62. The van der Waals surface area contributed by atoms with Gasteiger partial charge in [0.05, 0.1) is 5.60 Å². The summed E-state index contributed by atoms with van der Waals surface area (Å²) in [4.78, 5) is 2.22. The molecule has 88 valence electrons. The summed E-state index contributed by atoms with van der Waals surface area (Å²) in [7, 11) is 2.08. The summed E-state index contributed by atoms with van der Waals surface area (Å²) in [5.74, 6) is 0. The average Bonchev–Trinajstić information content (AvgIpc) is 2.21. The van der Waals surface area contributed by atoms with Crippen molar-refractivity contribution in [1.82, 2.24) is 4.90 Å². The molecule has 1 atom stereocenters. The molecule has 0 spiro atoms. The first kappa shape index (κ1) is 12.3. The Morgan fingerprint density at radius 1 is 1.38 bits per heavy atom. The lowest BCUT2D eigenvalue weighted by molar-refractivity contribution is -0.0223. The van der Waals surface area contributed by atoms with Gasteiger partial charge in [-0.3, -0.25) is 0 Å². The maximum atomic E-state index is 10.5. The van der Waals surface area contributed by atoms with E-state index in [0.717, 1.165) is 32.4 Å². The minimum Gasteiger partial charge on any atom is -0.388 e. The molecule has 1 unspecified atom stereocenters. The van der Waals surface area contributed by atoms with Gasteiger partial charge >= 0.3 is 0 Å². The smallest absolute Gasteiger partial charge is 0.0814 e. The monoisotopic (exact) mass is 331 g/mol. The number of halogens is 1. The van der Waals surface area contributed by atoms with E-state index in [1.54, 1.807) is 0 Å². The fraction of sp³-hybridized carbons (Fsp3) is 0.538. The number of likely N-dealkylation sites (tertiary alicyclic amines) is 1. The number of benzene rings is 1. The summed E-state index contributed by atoms with van der Waals surface area (Å²) in [5.41, 5.74) is 0.706. The molecule has 1 N–H and O–H groups in total. The molecule has 2 rings (SSSR count). The van der Waals surface area contributed by atoms with Gasteiger partial charge in [-0.15, -0.1) is 0 Å². The van der Waals surface area contributed by atoms with Gasteiger partial charge < -0.3 is 10.0 Å². The van der Waals surface area contributed by atoms with Gasteiger partial charge in [0.15, 0.2) is 0 Å². The molecule has 0 saturated carbocycles. The normalized spacial score (nSPS) is 26.9. The average molecular weight is 331 g/mol. The van der Waals surface area contributed by atoms with Crippen LogP contribution in [0.25, 0.3) is 0 Å². The Hall–Kier alpha value is -0.130. The molecule has 0 amide bonds. The topological polar surface area (TPSA) is 23.5 Å². The van der Waals surface area contributed by atoms with Crippen molar-refractivity contribution in [2.45, 2.75) is 24.9 Å². The van der Waals surface area contributed by atoms with E-state index < -0.39 is 5.60 Å². The predicted octanol–water partition coefficient (Wildman–Crippen LogP) is 2.29. The summed E-state index contributed by atoms with van der Waals surface area (Å²) in [6.45, 7) is 1.90. The number of β-amino-alcohol motifs (C(OH)–C–C–N with tert-alkyl or cyclic N) is 1. The standard InChI is InChI=1S/C13H18INO/c1-15-8-2-7-13(16,10-15)9-11-3-5-12(14)6-4-11/h3-6,16H,2,7-10H2,1H3. The summed E-state index contributed by atoms with van der Waals surface area (Å²) in [6, 6.07) is 8.44. The molecule has 0 bridgehead atoms. The molecule has 0 aromatic heterocycles. The highest BCUT2D eigenvalue weighted by molar-refractivity contribution is 14.1. The van der Waals surface area contributed by atoms with Gasteiger partial charge in [-0.05, 0) is 66.7 Å². The molecular formula is C13H18INO. The van der Waals surface area contributed by atoms with E-state index in [1.165, 1.54) is 9.13 Å². The highest BCUT2D eigenvalue weighted by Crippen LogP contribution is 2.24. The van der Waals surface area contributed by atoms with Crippen LogP contribution in [0.3, 0.4) is 0 Å². The van der Waals surface area contributed by atoms with Crippen LogP contribution in [0.2, 0.25) is 0 Å². The van der Waals surface area contributed by atoms with Crippen molar-refractivity contribution in [3.05, 3.63) is 33.4 Å². The largest absolute Gasteiger partial charge is 0.388 e. The molecule has 0 radical (unpaired) electrons.